The zero-order valence-electron chi connectivity index (χ0n) is 10.1. The molecule has 0 N–H and O–H groups in total. The number of piperidine rings is 1. The van der Waals surface area contributed by atoms with E-state index in [0.717, 1.165) is 12.5 Å². The number of hydrogen-bond donors (Lipinski definition) is 0. The maximum absolute atomic E-state index is 3.29. The average Bonchev–Trinajstić information content (AvgIpc) is 2.01. The molecule has 0 amide bonds. The Morgan fingerprint density at radius 2 is 2.07 bits per heavy atom. The van der Waals surface area contributed by atoms with E-state index in [1.807, 2.05) is 0 Å². The fourth-order valence-electron chi connectivity index (χ4n) is 1.85. The molecule has 1 heterocycles. The molecule has 1 rings (SSSR count). The van der Waals surface area contributed by atoms with Gasteiger partial charge in [-0.3, -0.25) is 4.90 Å². The zero-order valence-corrected chi connectivity index (χ0v) is 10.1. The molecule has 1 atom stereocenters. The lowest BCUT2D eigenvalue weighted by Gasteiger charge is -2.29. The third kappa shape index (κ3) is 4.67. The van der Waals surface area contributed by atoms with Crippen molar-refractivity contribution in [3.05, 3.63) is 0 Å². The molecule has 80 valence electrons. The number of hydrogen-bond acceptors (Lipinski definition) is 1. The summed E-state index contributed by atoms with van der Waals surface area (Å²) in [4.78, 5) is 2.48. The van der Waals surface area contributed by atoms with Crippen molar-refractivity contribution in [2.24, 2.45) is 11.3 Å². The Morgan fingerprint density at radius 3 is 2.64 bits per heavy atom. The molecule has 0 aromatic rings. The third-order valence-corrected chi connectivity index (χ3v) is 2.51. The van der Waals surface area contributed by atoms with Gasteiger partial charge >= 0.3 is 0 Å². The highest BCUT2D eigenvalue weighted by Crippen LogP contribution is 2.15. The van der Waals surface area contributed by atoms with E-state index in [4.69, 9.17) is 0 Å². The van der Waals surface area contributed by atoms with Crippen molar-refractivity contribution in [1.29, 1.82) is 0 Å². The van der Waals surface area contributed by atoms with Gasteiger partial charge in [0.05, 0.1) is 6.54 Å². The van der Waals surface area contributed by atoms with Gasteiger partial charge in [0.15, 0.2) is 0 Å². The van der Waals surface area contributed by atoms with E-state index < -0.39 is 0 Å². The highest BCUT2D eigenvalue weighted by Gasteiger charge is 2.14. The van der Waals surface area contributed by atoms with Crippen LogP contribution < -0.4 is 0 Å². The summed E-state index contributed by atoms with van der Waals surface area (Å²) in [7, 11) is 0. The standard InChI is InChI=1S/C13H23N/c1-12-7-5-9-14(11-12)10-6-8-13(2,3)4/h12H,5,7,9-11H2,1-4H3/t12-/m0/s1. The molecule has 0 saturated carbocycles. The lowest BCUT2D eigenvalue weighted by Crippen LogP contribution is -2.34. The van der Waals surface area contributed by atoms with Crippen molar-refractivity contribution < 1.29 is 0 Å². The second-order valence-electron chi connectivity index (χ2n) is 5.53. The summed E-state index contributed by atoms with van der Waals surface area (Å²) in [5, 5.41) is 0. The molecule has 1 nitrogen and oxygen atoms in total. The molecule has 1 fully saturated rings. The second kappa shape index (κ2) is 4.84. The SMILES string of the molecule is C[C@H]1CCCN(CC#CC(C)(C)C)C1. The van der Waals surface area contributed by atoms with Crippen LogP contribution in [0.3, 0.4) is 0 Å². The lowest BCUT2D eigenvalue weighted by molar-refractivity contribution is 0.204. The van der Waals surface area contributed by atoms with Gasteiger partial charge in [-0.1, -0.05) is 18.8 Å². The Labute approximate surface area is 88.9 Å². The first-order valence-electron chi connectivity index (χ1n) is 5.70. The van der Waals surface area contributed by atoms with Crippen LogP contribution >= 0.6 is 0 Å². The maximum atomic E-state index is 3.29. The van der Waals surface area contributed by atoms with Crippen LogP contribution in [0.4, 0.5) is 0 Å². The minimum absolute atomic E-state index is 0.154. The van der Waals surface area contributed by atoms with Crippen LogP contribution in [0.1, 0.15) is 40.5 Å². The summed E-state index contributed by atoms with van der Waals surface area (Å²) in [6.07, 6.45) is 2.74. The predicted molar refractivity (Wildman–Crippen MR) is 62.1 cm³/mol. The predicted octanol–water partition coefficient (Wildman–Crippen LogP) is 2.77. The molecule has 0 radical (unpaired) electrons. The van der Waals surface area contributed by atoms with E-state index >= 15 is 0 Å². The lowest BCUT2D eigenvalue weighted by atomic mass is 9.98. The van der Waals surface area contributed by atoms with Gasteiger partial charge < -0.3 is 0 Å². The Balaban J connectivity index is 2.33. The first-order valence-corrected chi connectivity index (χ1v) is 5.70. The largest absolute Gasteiger partial charge is 0.292 e. The van der Waals surface area contributed by atoms with Crippen molar-refractivity contribution >= 4 is 0 Å². The Hall–Kier alpha value is -0.480. The molecule has 14 heavy (non-hydrogen) atoms. The summed E-state index contributed by atoms with van der Waals surface area (Å²) in [6, 6.07) is 0. The summed E-state index contributed by atoms with van der Waals surface area (Å²) in [6.45, 7) is 12.3. The van der Waals surface area contributed by atoms with Gasteiger partial charge in [0.2, 0.25) is 0 Å². The molecule has 0 unspecified atom stereocenters. The van der Waals surface area contributed by atoms with Crippen LogP contribution in [-0.2, 0) is 0 Å². The summed E-state index contributed by atoms with van der Waals surface area (Å²) in [5.74, 6) is 7.45. The molecular weight excluding hydrogens is 170 g/mol. The Kier molecular flexibility index (Phi) is 4.01. The van der Waals surface area contributed by atoms with Gasteiger partial charge in [-0.2, -0.15) is 0 Å². The molecule has 0 spiro atoms. The fourth-order valence-corrected chi connectivity index (χ4v) is 1.85. The maximum Gasteiger partial charge on any atom is 0.0601 e. The monoisotopic (exact) mass is 193 g/mol. The third-order valence-electron chi connectivity index (χ3n) is 2.51. The van der Waals surface area contributed by atoms with E-state index in [2.05, 4.69) is 44.4 Å². The van der Waals surface area contributed by atoms with E-state index in [9.17, 15) is 0 Å². The molecule has 1 saturated heterocycles. The first kappa shape index (κ1) is 11.6. The van der Waals surface area contributed by atoms with Crippen molar-refractivity contribution in [2.75, 3.05) is 19.6 Å². The zero-order chi connectivity index (χ0) is 10.6. The minimum atomic E-state index is 0.154. The Morgan fingerprint density at radius 1 is 1.36 bits per heavy atom. The van der Waals surface area contributed by atoms with Gasteiger partial charge in [-0.05, 0) is 46.1 Å². The fraction of sp³-hybridized carbons (Fsp3) is 0.846. The van der Waals surface area contributed by atoms with E-state index in [1.165, 1.54) is 25.9 Å². The second-order valence-corrected chi connectivity index (χ2v) is 5.53. The van der Waals surface area contributed by atoms with Crippen LogP contribution in [0.2, 0.25) is 0 Å². The van der Waals surface area contributed by atoms with Crippen LogP contribution in [0.25, 0.3) is 0 Å². The molecular formula is C13H23N. The topological polar surface area (TPSA) is 3.24 Å². The molecule has 0 aliphatic carbocycles. The molecule has 0 aromatic carbocycles. The van der Waals surface area contributed by atoms with Crippen molar-refractivity contribution in [1.82, 2.24) is 4.90 Å². The Bertz CT molecular complexity index is 226. The summed E-state index contributed by atoms with van der Waals surface area (Å²) in [5.41, 5.74) is 0.154. The number of nitrogens with zero attached hydrogens (tertiary/aromatic N) is 1. The number of rotatable bonds is 1. The van der Waals surface area contributed by atoms with Crippen LogP contribution in [0.5, 0.6) is 0 Å². The highest BCUT2D eigenvalue weighted by atomic mass is 15.1. The molecule has 0 aromatic heterocycles. The van der Waals surface area contributed by atoms with E-state index in [0.29, 0.717) is 0 Å². The quantitative estimate of drug-likeness (QED) is 0.579. The molecule has 1 aliphatic rings. The van der Waals surface area contributed by atoms with Crippen molar-refractivity contribution in [3.63, 3.8) is 0 Å². The van der Waals surface area contributed by atoms with Crippen molar-refractivity contribution in [3.8, 4) is 11.8 Å². The highest BCUT2D eigenvalue weighted by molar-refractivity contribution is 5.08. The first-order chi connectivity index (χ1) is 6.47. The van der Waals surface area contributed by atoms with Gasteiger partial charge in [0.25, 0.3) is 0 Å². The molecule has 1 heteroatoms. The van der Waals surface area contributed by atoms with Crippen molar-refractivity contribution in [2.45, 2.75) is 40.5 Å². The van der Waals surface area contributed by atoms with E-state index in [1.54, 1.807) is 0 Å². The van der Waals surface area contributed by atoms with Gasteiger partial charge in [0.1, 0.15) is 0 Å². The normalized spacial score (nSPS) is 24.1. The molecule has 1 aliphatic heterocycles. The number of likely N-dealkylation sites (tertiary alicyclic amines) is 1. The smallest absolute Gasteiger partial charge is 0.0601 e. The van der Waals surface area contributed by atoms with Crippen LogP contribution in [0, 0.1) is 23.2 Å². The average molecular weight is 193 g/mol. The van der Waals surface area contributed by atoms with Gasteiger partial charge in [-0.25, -0.2) is 0 Å². The summed E-state index contributed by atoms with van der Waals surface area (Å²) >= 11 is 0. The molecule has 0 bridgehead atoms. The van der Waals surface area contributed by atoms with Crippen LogP contribution in [-0.4, -0.2) is 24.5 Å². The van der Waals surface area contributed by atoms with Crippen LogP contribution in [0.15, 0.2) is 0 Å². The van der Waals surface area contributed by atoms with Gasteiger partial charge in [0, 0.05) is 12.0 Å². The summed E-state index contributed by atoms with van der Waals surface area (Å²) < 4.78 is 0. The minimum Gasteiger partial charge on any atom is -0.292 e. The van der Waals surface area contributed by atoms with Gasteiger partial charge in [-0.15, -0.1) is 0 Å². The van der Waals surface area contributed by atoms with E-state index in [-0.39, 0.29) is 5.41 Å².